The molecule has 0 bridgehead atoms. The number of hydrogen-bond donors (Lipinski definition) is 2. The minimum absolute atomic E-state index is 0.0805. The van der Waals surface area contributed by atoms with Gasteiger partial charge in [-0.1, -0.05) is 0 Å². The summed E-state index contributed by atoms with van der Waals surface area (Å²) < 4.78 is 38.5. The van der Waals surface area contributed by atoms with E-state index in [0.717, 1.165) is 5.75 Å². The van der Waals surface area contributed by atoms with Gasteiger partial charge in [-0.05, 0) is 69.2 Å². The lowest BCUT2D eigenvalue weighted by molar-refractivity contribution is -0.123. The van der Waals surface area contributed by atoms with Gasteiger partial charge in [0.15, 0.2) is 6.10 Å². The average molecular weight is 474 g/mol. The maximum absolute atomic E-state index is 13.1. The van der Waals surface area contributed by atoms with Gasteiger partial charge in [-0.15, -0.1) is 0 Å². The molecule has 0 radical (unpaired) electrons. The smallest absolute Gasteiger partial charge is 0.265 e. The van der Waals surface area contributed by atoms with Gasteiger partial charge in [0.2, 0.25) is 15.9 Å². The second-order valence-corrected chi connectivity index (χ2v) is 9.97. The van der Waals surface area contributed by atoms with Crippen LogP contribution in [0.1, 0.15) is 26.7 Å². The first-order valence-corrected chi connectivity index (χ1v) is 12.4. The van der Waals surface area contributed by atoms with Crippen LogP contribution in [0.5, 0.6) is 11.5 Å². The van der Waals surface area contributed by atoms with Gasteiger partial charge in [0, 0.05) is 24.7 Å². The maximum Gasteiger partial charge on any atom is 0.265 e. The molecule has 1 fully saturated rings. The summed E-state index contributed by atoms with van der Waals surface area (Å²) in [5.74, 6) is 0.443. The van der Waals surface area contributed by atoms with Crippen molar-refractivity contribution in [2.24, 2.45) is 5.92 Å². The van der Waals surface area contributed by atoms with Crippen molar-refractivity contribution in [2.75, 3.05) is 30.3 Å². The summed E-state index contributed by atoms with van der Waals surface area (Å²) in [4.78, 5) is 24.6. The molecule has 9 nitrogen and oxygen atoms in total. The van der Waals surface area contributed by atoms with Crippen LogP contribution in [0.25, 0.3) is 0 Å². The molecule has 2 heterocycles. The summed E-state index contributed by atoms with van der Waals surface area (Å²) >= 11 is 0. The Morgan fingerprint density at radius 2 is 1.88 bits per heavy atom. The van der Waals surface area contributed by atoms with Crippen molar-refractivity contribution >= 4 is 33.2 Å². The summed E-state index contributed by atoms with van der Waals surface area (Å²) in [6.07, 6.45) is 0.210. The molecule has 2 amide bonds. The van der Waals surface area contributed by atoms with E-state index in [1.807, 2.05) is 6.92 Å². The van der Waals surface area contributed by atoms with E-state index >= 15 is 0 Å². The molecule has 0 aliphatic carbocycles. The Bertz CT molecular complexity index is 1140. The number of benzene rings is 2. The second-order valence-electron chi connectivity index (χ2n) is 8.03. The summed E-state index contributed by atoms with van der Waals surface area (Å²) in [5.41, 5.74) is 1.01. The number of anilines is 2. The van der Waals surface area contributed by atoms with E-state index in [9.17, 15) is 18.0 Å². The number of sulfonamides is 1. The monoisotopic (exact) mass is 473 g/mol. The topological polar surface area (TPSA) is 114 Å². The maximum atomic E-state index is 13.1. The first-order valence-electron chi connectivity index (χ1n) is 10.9. The lowest BCUT2D eigenvalue weighted by Crippen LogP contribution is -2.41. The molecular formula is C23H27N3O6S. The van der Waals surface area contributed by atoms with Crippen LogP contribution in [0, 0.1) is 5.92 Å². The molecule has 2 aliphatic heterocycles. The van der Waals surface area contributed by atoms with Crippen molar-refractivity contribution in [2.45, 2.75) is 37.7 Å². The minimum Gasteiger partial charge on any atom is -0.494 e. The molecular weight excluding hydrogens is 446 g/mol. The van der Waals surface area contributed by atoms with Gasteiger partial charge in [-0.2, -0.15) is 4.31 Å². The number of rotatable bonds is 6. The van der Waals surface area contributed by atoms with E-state index in [0.29, 0.717) is 36.6 Å². The fourth-order valence-corrected chi connectivity index (χ4v) is 5.40. The highest BCUT2D eigenvalue weighted by Crippen LogP contribution is 2.33. The summed E-state index contributed by atoms with van der Waals surface area (Å²) in [6.45, 7) is 4.57. The molecule has 10 heteroatoms. The quantitative estimate of drug-likeness (QED) is 0.667. The number of amides is 2. The molecule has 176 valence electrons. The third-order valence-corrected chi connectivity index (χ3v) is 7.67. The van der Waals surface area contributed by atoms with E-state index < -0.39 is 16.1 Å². The zero-order valence-corrected chi connectivity index (χ0v) is 19.4. The number of piperidine rings is 1. The van der Waals surface area contributed by atoms with Gasteiger partial charge in [0.1, 0.15) is 11.5 Å². The van der Waals surface area contributed by atoms with Gasteiger partial charge in [-0.25, -0.2) is 8.42 Å². The number of hydrogen-bond acceptors (Lipinski definition) is 6. The van der Waals surface area contributed by atoms with Crippen molar-refractivity contribution in [1.29, 1.82) is 0 Å². The highest BCUT2D eigenvalue weighted by molar-refractivity contribution is 7.89. The number of fused-ring (bicyclic) bond motifs is 1. The van der Waals surface area contributed by atoms with Crippen molar-refractivity contribution in [3.63, 3.8) is 0 Å². The van der Waals surface area contributed by atoms with Gasteiger partial charge in [-0.3, -0.25) is 9.59 Å². The van der Waals surface area contributed by atoms with Crippen LogP contribution in [-0.4, -0.2) is 50.3 Å². The Labute approximate surface area is 193 Å². The van der Waals surface area contributed by atoms with Crippen molar-refractivity contribution in [1.82, 2.24) is 4.31 Å². The predicted octanol–water partition coefficient (Wildman–Crippen LogP) is 2.84. The van der Waals surface area contributed by atoms with Crippen LogP contribution in [0.2, 0.25) is 0 Å². The second kappa shape index (κ2) is 9.40. The van der Waals surface area contributed by atoms with Gasteiger partial charge in [0.05, 0.1) is 17.2 Å². The van der Waals surface area contributed by atoms with Gasteiger partial charge in [0.25, 0.3) is 5.91 Å². The highest BCUT2D eigenvalue weighted by Gasteiger charge is 2.33. The Morgan fingerprint density at radius 1 is 1.18 bits per heavy atom. The Morgan fingerprint density at radius 3 is 2.55 bits per heavy atom. The zero-order valence-electron chi connectivity index (χ0n) is 18.5. The molecule has 1 unspecified atom stereocenters. The van der Waals surface area contributed by atoms with Crippen molar-refractivity contribution in [3.05, 3.63) is 42.5 Å². The SMILES string of the molecule is CCOc1ccc(NC(=O)C2CCN(S(=O)(=O)c3ccc4c(c3)NC(=O)C(C)O4)CC2)cc1. The number of nitrogens with one attached hydrogen (secondary N) is 2. The third kappa shape index (κ3) is 4.96. The van der Waals surface area contributed by atoms with Crippen LogP contribution >= 0.6 is 0 Å². The Balaban J connectivity index is 1.37. The number of nitrogens with zero attached hydrogens (tertiary/aromatic N) is 1. The van der Waals surface area contributed by atoms with Crippen molar-refractivity contribution < 1.29 is 27.5 Å². The van der Waals surface area contributed by atoms with Crippen LogP contribution in [0.3, 0.4) is 0 Å². The molecule has 1 atom stereocenters. The summed E-state index contributed by atoms with van der Waals surface area (Å²) in [6, 6.07) is 11.6. The van der Waals surface area contributed by atoms with E-state index in [1.54, 1.807) is 37.3 Å². The highest BCUT2D eigenvalue weighted by atomic mass is 32.2. The number of ether oxygens (including phenoxy) is 2. The molecule has 1 saturated heterocycles. The van der Waals surface area contributed by atoms with Gasteiger partial charge >= 0.3 is 0 Å². The zero-order chi connectivity index (χ0) is 23.6. The molecule has 2 aromatic carbocycles. The number of carbonyl (C=O) groups is 2. The first kappa shape index (κ1) is 23.1. The number of carbonyl (C=O) groups excluding carboxylic acids is 2. The van der Waals surface area contributed by atoms with E-state index in [2.05, 4.69) is 10.6 Å². The summed E-state index contributed by atoms with van der Waals surface area (Å²) in [7, 11) is -3.76. The first-order chi connectivity index (χ1) is 15.8. The Kier molecular flexibility index (Phi) is 6.57. The third-order valence-electron chi connectivity index (χ3n) is 5.78. The van der Waals surface area contributed by atoms with Crippen LogP contribution in [-0.2, 0) is 19.6 Å². The molecule has 33 heavy (non-hydrogen) atoms. The molecule has 0 aromatic heterocycles. The van der Waals surface area contributed by atoms with Crippen LogP contribution in [0.15, 0.2) is 47.4 Å². The van der Waals surface area contributed by atoms with Crippen LogP contribution in [0.4, 0.5) is 11.4 Å². The normalized spacial score (nSPS) is 19.2. The molecule has 2 aliphatic rings. The lowest BCUT2D eigenvalue weighted by Gasteiger charge is -2.31. The fraction of sp³-hybridized carbons (Fsp3) is 0.391. The van der Waals surface area contributed by atoms with E-state index in [1.165, 1.54) is 16.4 Å². The van der Waals surface area contributed by atoms with Crippen LogP contribution < -0.4 is 20.1 Å². The Hall–Kier alpha value is -3.11. The predicted molar refractivity (Wildman–Crippen MR) is 123 cm³/mol. The standard InChI is InChI=1S/C23H27N3O6S/c1-3-31-18-6-4-17(5-7-18)24-23(28)16-10-12-26(13-11-16)33(29,30)19-8-9-21-20(14-19)25-22(27)15(2)32-21/h4-9,14-16H,3,10-13H2,1-2H3,(H,24,28)(H,25,27). The molecule has 4 rings (SSSR count). The van der Waals surface area contributed by atoms with E-state index in [4.69, 9.17) is 9.47 Å². The average Bonchev–Trinajstić information content (AvgIpc) is 2.81. The summed E-state index contributed by atoms with van der Waals surface area (Å²) in [5, 5.41) is 5.56. The van der Waals surface area contributed by atoms with Crippen molar-refractivity contribution in [3.8, 4) is 11.5 Å². The lowest BCUT2D eigenvalue weighted by atomic mass is 9.97. The van der Waals surface area contributed by atoms with Gasteiger partial charge < -0.3 is 20.1 Å². The molecule has 0 saturated carbocycles. The largest absolute Gasteiger partial charge is 0.494 e. The molecule has 2 aromatic rings. The van der Waals surface area contributed by atoms with E-state index in [-0.39, 0.29) is 35.7 Å². The molecule has 2 N–H and O–H groups in total. The fourth-order valence-electron chi connectivity index (χ4n) is 3.90. The minimum atomic E-state index is -3.76. The molecule has 0 spiro atoms.